The number of rotatable bonds is 7. The van der Waals surface area contributed by atoms with Gasteiger partial charge in [-0.15, -0.1) is 0 Å². The van der Waals surface area contributed by atoms with Gasteiger partial charge in [0.05, 0.1) is 27.2 Å². The molecule has 0 aliphatic carbocycles. The number of aromatic nitrogens is 1. The first-order chi connectivity index (χ1) is 14.1. The third kappa shape index (κ3) is 4.86. The zero-order valence-electron chi connectivity index (χ0n) is 16.5. The number of amides is 1. The Hall–Kier alpha value is -2.33. The minimum Gasteiger partial charge on any atom is -0.339 e. The Kier molecular flexibility index (Phi) is 6.56. The second kappa shape index (κ2) is 8.81. The van der Waals surface area contributed by atoms with Crippen LogP contribution in [-0.2, 0) is 26.1 Å². The van der Waals surface area contributed by atoms with E-state index in [1.807, 2.05) is 12.1 Å². The van der Waals surface area contributed by atoms with Crippen molar-refractivity contribution in [2.24, 2.45) is 0 Å². The molecule has 0 spiro atoms. The Morgan fingerprint density at radius 1 is 1.23 bits per heavy atom. The molecule has 0 N–H and O–H groups in total. The van der Waals surface area contributed by atoms with Gasteiger partial charge in [0.15, 0.2) is 19.7 Å². The molecule has 1 unspecified atom stereocenters. The van der Waals surface area contributed by atoms with E-state index >= 15 is 0 Å². The summed E-state index contributed by atoms with van der Waals surface area (Å²) in [5, 5.41) is -1.08. The topological polar surface area (TPSA) is 101 Å². The van der Waals surface area contributed by atoms with E-state index in [9.17, 15) is 26.0 Å². The van der Waals surface area contributed by atoms with Crippen LogP contribution in [0.5, 0.6) is 0 Å². The number of nitrogens with zero attached hydrogens (tertiary/aromatic N) is 2. The predicted octanol–water partition coefficient (Wildman–Crippen LogP) is 1.89. The normalized spacial score (nSPS) is 18.3. The molecule has 1 fully saturated rings. The van der Waals surface area contributed by atoms with Gasteiger partial charge in [-0.2, -0.15) is 0 Å². The SMILES string of the molecule is CCN(CCc1ccncc1)C(=O)c1cc(S(=O)(=O)C2CCS(=O)(=O)C2)ccc1F. The Morgan fingerprint density at radius 2 is 1.93 bits per heavy atom. The summed E-state index contributed by atoms with van der Waals surface area (Å²) >= 11 is 0. The van der Waals surface area contributed by atoms with Gasteiger partial charge in [-0.1, -0.05) is 0 Å². The number of likely N-dealkylation sites (N-methyl/N-ethyl adjacent to an activating group) is 1. The summed E-state index contributed by atoms with van der Waals surface area (Å²) in [5.74, 6) is -2.08. The highest BCUT2D eigenvalue weighted by Gasteiger charge is 2.38. The Balaban J connectivity index is 1.84. The summed E-state index contributed by atoms with van der Waals surface area (Å²) in [4.78, 5) is 18.0. The van der Waals surface area contributed by atoms with E-state index in [4.69, 9.17) is 0 Å². The van der Waals surface area contributed by atoms with Crippen molar-refractivity contribution < 1.29 is 26.0 Å². The molecule has 1 aliphatic heterocycles. The fourth-order valence-corrected chi connectivity index (χ4v) is 7.81. The largest absolute Gasteiger partial charge is 0.339 e. The van der Waals surface area contributed by atoms with E-state index in [-0.39, 0.29) is 22.6 Å². The molecule has 1 aliphatic rings. The summed E-state index contributed by atoms with van der Waals surface area (Å²) in [5.41, 5.74) is 0.629. The number of carbonyl (C=O) groups excluding carboxylic acids is 1. The fourth-order valence-electron chi connectivity index (χ4n) is 3.43. The highest BCUT2D eigenvalue weighted by atomic mass is 32.2. The van der Waals surface area contributed by atoms with Gasteiger partial charge in [0, 0.05) is 25.5 Å². The van der Waals surface area contributed by atoms with Crippen LogP contribution in [0.2, 0.25) is 0 Å². The zero-order chi connectivity index (χ0) is 21.9. The Bertz CT molecular complexity index is 1140. The molecule has 2 heterocycles. The van der Waals surface area contributed by atoms with E-state index in [0.29, 0.717) is 19.5 Å². The van der Waals surface area contributed by atoms with Crippen molar-refractivity contribution in [2.75, 3.05) is 24.6 Å². The van der Waals surface area contributed by atoms with Crippen LogP contribution >= 0.6 is 0 Å². The molecule has 0 bridgehead atoms. The molecular formula is C20H23FN2O5S2. The van der Waals surface area contributed by atoms with Gasteiger partial charge in [0.25, 0.3) is 5.91 Å². The molecule has 162 valence electrons. The monoisotopic (exact) mass is 454 g/mol. The maximum atomic E-state index is 14.4. The number of hydrogen-bond donors (Lipinski definition) is 0. The number of carbonyl (C=O) groups is 1. The van der Waals surface area contributed by atoms with Crippen molar-refractivity contribution in [2.45, 2.75) is 29.9 Å². The first kappa shape index (κ1) is 22.4. The lowest BCUT2D eigenvalue weighted by molar-refractivity contribution is 0.0761. The Morgan fingerprint density at radius 3 is 2.53 bits per heavy atom. The molecule has 0 saturated carbocycles. The van der Waals surface area contributed by atoms with Crippen molar-refractivity contribution in [1.82, 2.24) is 9.88 Å². The molecule has 3 rings (SSSR count). The van der Waals surface area contributed by atoms with Crippen LogP contribution in [0.1, 0.15) is 29.3 Å². The lowest BCUT2D eigenvalue weighted by Crippen LogP contribution is -2.33. The molecule has 2 aromatic rings. The minimum absolute atomic E-state index is 0.00165. The first-order valence-corrected chi connectivity index (χ1v) is 12.9. The number of hydrogen-bond acceptors (Lipinski definition) is 6. The van der Waals surface area contributed by atoms with Gasteiger partial charge in [0.1, 0.15) is 5.82 Å². The zero-order valence-corrected chi connectivity index (χ0v) is 18.1. The second-order valence-electron chi connectivity index (χ2n) is 7.20. The van der Waals surface area contributed by atoms with Crippen LogP contribution in [0.15, 0.2) is 47.6 Å². The lowest BCUT2D eigenvalue weighted by Gasteiger charge is -2.22. The lowest BCUT2D eigenvalue weighted by atomic mass is 10.1. The molecular weight excluding hydrogens is 431 g/mol. The fraction of sp³-hybridized carbons (Fsp3) is 0.400. The van der Waals surface area contributed by atoms with E-state index in [0.717, 1.165) is 23.8 Å². The van der Waals surface area contributed by atoms with Gasteiger partial charge in [0.2, 0.25) is 0 Å². The van der Waals surface area contributed by atoms with Crippen molar-refractivity contribution in [3.8, 4) is 0 Å². The van der Waals surface area contributed by atoms with Crippen LogP contribution in [0.4, 0.5) is 4.39 Å². The van der Waals surface area contributed by atoms with Crippen LogP contribution in [0.3, 0.4) is 0 Å². The van der Waals surface area contributed by atoms with Gasteiger partial charge in [-0.05, 0) is 55.7 Å². The molecule has 1 atom stereocenters. The highest BCUT2D eigenvalue weighted by molar-refractivity contribution is 7.96. The van der Waals surface area contributed by atoms with E-state index in [1.165, 1.54) is 4.90 Å². The maximum absolute atomic E-state index is 14.4. The van der Waals surface area contributed by atoms with E-state index < -0.39 is 42.4 Å². The third-order valence-electron chi connectivity index (χ3n) is 5.21. The number of benzene rings is 1. The maximum Gasteiger partial charge on any atom is 0.256 e. The van der Waals surface area contributed by atoms with Gasteiger partial charge >= 0.3 is 0 Å². The molecule has 1 saturated heterocycles. The predicted molar refractivity (Wildman–Crippen MR) is 110 cm³/mol. The summed E-state index contributed by atoms with van der Waals surface area (Å²) in [6.07, 6.45) is 3.83. The van der Waals surface area contributed by atoms with Gasteiger partial charge in [-0.25, -0.2) is 21.2 Å². The summed E-state index contributed by atoms with van der Waals surface area (Å²) in [6.45, 7) is 2.41. The smallest absolute Gasteiger partial charge is 0.256 e. The summed E-state index contributed by atoms with van der Waals surface area (Å²) in [6, 6.07) is 6.69. The quantitative estimate of drug-likeness (QED) is 0.592. The average molecular weight is 455 g/mol. The first-order valence-electron chi connectivity index (χ1n) is 9.56. The van der Waals surface area contributed by atoms with Crippen LogP contribution in [-0.4, -0.2) is 62.5 Å². The van der Waals surface area contributed by atoms with E-state index in [2.05, 4.69) is 4.98 Å². The van der Waals surface area contributed by atoms with Crippen LogP contribution in [0, 0.1) is 5.82 Å². The van der Waals surface area contributed by atoms with Gasteiger partial charge < -0.3 is 4.90 Å². The third-order valence-corrected chi connectivity index (χ3v) is 9.38. The van der Waals surface area contributed by atoms with Crippen LogP contribution in [0.25, 0.3) is 0 Å². The van der Waals surface area contributed by atoms with Crippen molar-refractivity contribution in [3.63, 3.8) is 0 Å². The summed E-state index contributed by atoms with van der Waals surface area (Å²) < 4.78 is 63.5. The molecule has 0 radical (unpaired) electrons. The molecule has 7 nitrogen and oxygen atoms in total. The number of sulfone groups is 2. The Labute approximate surface area is 175 Å². The van der Waals surface area contributed by atoms with Crippen LogP contribution < -0.4 is 0 Å². The number of pyridine rings is 1. The van der Waals surface area contributed by atoms with Gasteiger partial charge in [-0.3, -0.25) is 9.78 Å². The van der Waals surface area contributed by atoms with Crippen molar-refractivity contribution >= 4 is 25.6 Å². The molecule has 1 aromatic heterocycles. The standard InChI is InChI=1S/C20H23FN2O5S2/c1-2-23(11-7-15-5-9-22-10-6-15)20(24)18-13-16(3-4-19(18)21)30(27,28)17-8-12-29(25,26)14-17/h3-6,9-10,13,17H,2,7-8,11-12,14H2,1H3. The highest BCUT2D eigenvalue weighted by Crippen LogP contribution is 2.27. The summed E-state index contributed by atoms with van der Waals surface area (Å²) in [7, 11) is -7.40. The minimum atomic E-state index is -3.99. The second-order valence-corrected chi connectivity index (χ2v) is 11.7. The van der Waals surface area contributed by atoms with Crippen molar-refractivity contribution in [1.29, 1.82) is 0 Å². The molecule has 10 heteroatoms. The van der Waals surface area contributed by atoms with E-state index in [1.54, 1.807) is 19.3 Å². The number of halogens is 1. The molecule has 30 heavy (non-hydrogen) atoms. The molecule has 1 aromatic carbocycles. The average Bonchev–Trinajstić information content (AvgIpc) is 3.10. The van der Waals surface area contributed by atoms with Crippen molar-refractivity contribution in [3.05, 3.63) is 59.7 Å². The molecule has 1 amide bonds.